The molecule has 3 fully saturated rings. The maximum absolute atomic E-state index is 14.7. The summed E-state index contributed by atoms with van der Waals surface area (Å²) in [5.74, 6) is -1.91. The Morgan fingerprint density at radius 2 is 1.88 bits per heavy atom. The van der Waals surface area contributed by atoms with Crippen LogP contribution in [0.3, 0.4) is 0 Å². The van der Waals surface area contributed by atoms with E-state index >= 15 is 0 Å². The third-order valence-electron chi connectivity index (χ3n) is 6.89. The van der Waals surface area contributed by atoms with E-state index in [0.717, 1.165) is 26.1 Å². The number of carbonyl (C=O) groups excluding carboxylic acids is 2. The first-order valence-corrected chi connectivity index (χ1v) is 13.4. The monoisotopic (exact) mass is 495 g/mol. The van der Waals surface area contributed by atoms with Gasteiger partial charge in [0.05, 0.1) is 17.0 Å². The molecule has 1 aliphatic heterocycles. The minimum Gasteiger partial charge on any atom is -0.354 e. The van der Waals surface area contributed by atoms with Crippen LogP contribution in [0.2, 0.25) is 0 Å². The quantitative estimate of drug-likeness (QED) is 0.301. The number of nitrogens with one attached hydrogen (secondary N) is 4. The van der Waals surface area contributed by atoms with Crippen LogP contribution in [0.5, 0.6) is 0 Å². The second-order valence-corrected chi connectivity index (χ2v) is 11.9. The molecule has 2 saturated carbocycles. The number of nitrogens with zero attached hydrogens (tertiary/aromatic N) is 1. The van der Waals surface area contributed by atoms with Crippen molar-refractivity contribution >= 4 is 33.4 Å². The average molecular weight is 496 g/mol. The van der Waals surface area contributed by atoms with Crippen LogP contribution in [0.15, 0.2) is 0 Å². The largest absolute Gasteiger partial charge is 0.354 e. The Morgan fingerprint density at radius 3 is 2.47 bits per heavy atom. The van der Waals surface area contributed by atoms with Gasteiger partial charge in [-0.3, -0.25) is 25.2 Å². The van der Waals surface area contributed by atoms with Gasteiger partial charge in [0.25, 0.3) is 0 Å². The standard InChI is InChI=1S/C20H35ClFN5O4S/c1-12(28)24-15-5-3-13(4-6-15)10-32(30,31)26-25-20(29)16-7-14(8-17(21)19(16)22)18-9-27(2)11-23-18/h13-19,23,26H,3-11H2,1-2H3,(H,24,28)(H,25,29). The number of halogens is 2. The Labute approximate surface area is 194 Å². The molecule has 0 aromatic heterocycles. The predicted molar refractivity (Wildman–Crippen MR) is 120 cm³/mol. The molecule has 0 radical (unpaired) electrons. The summed E-state index contributed by atoms with van der Waals surface area (Å²) in [7, 11) is -1.78. The molecule has 5 atom stereocenters. The molecular weight excluding hydrogens is 461 g/mol. The lowest BCUT2D eigenvalue weighted by Gasteiger charge is -2.37. The number of sulfonamides is 1. The molecule has 1 heterocycles. The Hall–Kier alpha value is -1.01. The topological polar surface area (TPSA) is 120 Å². The van der Waals surface area contributed by atoms with Gasteiger partial charge < -0.3 is 5.32 Å². The van der Waals surface area contributed by atoms with E-state index in [4.69, 9.17) is 11.6 Å². The molecule has 184 valence electrons. The molecule has 0 bridgehead atoms. The Morgan fingerprint density at radius 1 is 1.19 bits per heavy atom. The minimum atomic E-state index is -3.77. The van der Waals surface area contributed by atoms with Crippen molar-refractivity contribution in [2.24, 2.45) is 17.8 Å². The molecule has 3 rings (SSSR count). The first-order valence-electron chi connectivity index (χ1n) is 11.3. The van der Waals surface area contributed by atoms with Gasteiger partial charge in [-0.1, -0.05) is 0 Å². The van der Waals surface area contributed by atoms with Crippen LogP contribution in [0, 0.1) is 17.8 Å². The Balaban J connectivity index is 1.48. The fraction of sp³-hybridized carbons (Fsp3) is 0.900. The SMILES string of the molecule is CC(=O)NC1CCC(CS(=O)(=O)NNC(=O)C2CC(C3CN(C)CN3)CC(Cl)C2F)CC1. The number of amides is 2. The van der Waals surface area contributed by atoms with Gasteiger partial charge in [0.1, 0.15) is 6.17 Å². The number of likely N-dealkylation sites (N-methyl/N-ethyl adjacent to an activating group) is 1. The van der Waals surface area contributed by atoms with Crippen LogP contribution in [-0.2, 0) is 19.6 Å². The van der Waals surface area contributed by atoms with E-state index in [1.165, 1.54) is 6.92 Å². The van der Waals surface area contributed by atoms with Gasteiger partial charge in [-0.25, -0.2) is 12.8 Å². The lowest BCUT2D eigenvalue weighted by atomic mass is 9.76. The number of hydrogen-bond acceptors (Lipinski definition) is 6. The smallest absolute Gasteiger partial charge is 0.241 e. The van der Waals surface area contributed by atoms with E-state index in [9.17, 15) is 22.4 Å². The third-order valence-corrected chi connectivity index (χ3v) is 8.63. The van der Waals surface area contributed by atoms with Crippen molar-refractivity contribution in [2.45, 2.75) is 69.1 Å². The van der Waals surface area contributed by atoms with E-state index in [0.29, 0.717) is 25.7 Å². The second-order valence-electron chi connectivity index (χ2n) is 9.60. The number of carbonyl (C=O) groups is 2. The van der Waals surface area contributed by atoms with Crippen LogP contribution in [0.25, 0.3) is 0 Å². The molecule has 5 unspecified atom stereocenters. The van der Waals surface area contributed by atoms with Crippen molar-refractivity contribution in [1.82, 2.24) is 25.8 Å². The van der Waals surface area contributed by atoms with Crippen molar-refractivity contribution in [3.05, 3.63) is 0 Å². The van der Waals surface area contributed by atoms with Crippen LogP contribution in [-0.4, -0.2) is 74.8 Å². The molecule has 12 heteroatoms. The average Bonchev–Trinajstić information content (AvgIpc) is 3.15. The number of alkyl halides is 2. The van der Waals surface area contributed by atoms with Crippen LogP contribution >= 0.6 is 11.6 Å². The Kier molecular flexibility index (Phi) is 8.76. The van der Waals surface area contributed by atoms with Gasteiger partial charge in [-0.2, -0.15) is 0 Å². The minimum absolute atomic E-state index is 0.0422. The zero-order chi connectivity index (χ0) is 23.5. The summed E-state index contributed by atoms with van der Waals surface area (Å²) < 4.78 is 39.7. The highest BCUT2D eigenvalue weighted by Crippen LogP contribution is 2.37. The van der Waals surface area contributed by atoms with Gasteiger partial charge >= 0.3 is 0 Å². The highest BCUT2D eigenvalue weighted by Gasteiger charge is 2.44. The van der Waals surface area contributed by atoms with E-state index in [2.05, 4.69) is 25.8 Å². The van der Waals surface area contributed by atoms with Crippen LogP contribution < -0.4 is 20.9 Å². The first-order chi connectivity index (χ1) is 15.0. The molecule has 9 nitrogen and oxygen atoms in total. The molecule has 0 aromatic carbocycles. The van der Waals surface area contributed by atoms with E-state index in [1.54, 1.807) is 0 Å². The van der Waals surface area contributed by atoms with Gasteiger partial charge in [0, 0.05) is 32.2 Å². The zero-order valence-corrected chi connectivity index (χ0v) is 20.2. The summed E-state index contributed by atoms with van der Waals surface area (Å²) in [5.41, 5.74) is 2.22. The summed E-state index contributed by atoms with van der Waals surface area (Å²) >= 11 is 6.22. The lowest BCUT2D eigenvalue weighted by Crippen LogP contribution is -2.52. The molecule has 32 heavy (non-hydrogen) atoms. The van der Waals surface area contributed by atoms with Gasteiger partial charge in [-0.15, -0.1) is 16.4 Å². The Bertz CT molecular complexity index is 780. The summed E-state index contributed by atoms with van der Waals surface area (Å²) in [6.07, 6.45) is 2.06. The maximum Gasteiger partial charge on any atom is 0.241 e. The number of hydrogen-bond donors (Lipinski definition) is 4. The number of rotatable bonds is 7. The van der Waals surface area contributed by atoms with Gasteiger partial charge in [0.2, 0.25) is 21.8 Å². The summed E-state index contributed by atoms with van der Waals surface area (Å²) in [6, 6.07) is 0.214. The normalized spacial score (nSPS) is 36.6. The van der Waals surface area contributed by atoms with Crippen LogP contribution in [0.4, 0.5) is 4.39 Å². The molecule has 2 aliphatic carbocycles. The van der Waals surface area contributed by atoms with Gasteiger partial charge in [0.15, 0.2) is 0 Å². The summed E-state index contributed by atoms with van der Waals surface area (Å²) in [6.45, 7) is 3.00. The first kappa shape index (κ1) is 25.6. The van der Waals surface area contributed by atoms with Crippen molar-refractivity contribution in [3.63, 3.8) is 0 Å². The van der Waals surface area contributed by atoms with Crippen molar-refractivity contribution < 1.29 is 22.4 Å². The van der Waals surface area contributed by atoms with E-state index < -0.39 is 33.4 Å². The highest BCUT2D eigenvalue weighted by atomic mass is 35.5. The second kappa shape index (κ2) is 10.9. The van der Waals surface area contributed by atoms with Gasteiger partial charge in [-0.05, 0) is 57.4 Å². The third kappa shape index (κ3) is 6.99. The molecule has 0 spiro atoms. The molecule has 1 saturated heterocycles. The zero-order valence-electron chi connectivity index (χ0n) is 18.6. The lowest BCUT2D eigenvalue weighted by molar-refractivity contribution is -0.129. The highest BCUT2D eigenvalue weighted by molar-refractivity contribution is 7.89. The molecule has 4 N–H and O–H groups in total. The van der Waals surface area contributed by atoms with Crippen molar-refractivity contribution in [2.75, 3.05) is 26.0 Å². The summed E-state index contributed by atoms with van der Waals surface area (Å²) in [5, 5.41) is 5.44. The van der Waals surface area contributed by atoms with Crippen molar-refractivity contribution in [1.29, 1.82) is 0 Å². The summed E-state index contributed by atoms with van der Waals surface area (Å²) in [4.78, 5) is 28.1. The number of hydrazine groups is 1. The van der Waals surface area contributed by atoms with Crippen LogP contribution in [0.1, 0.15) is 45.4 Å². The van der Waals surface area contributed by atoms with E-state index in [-0.39, 0.29) is 35.6 Å². The van der Waals surface area contributed by atoms with E-state index in [1.807, 2.05) is 7.05 Å². The van der Waals surface area contributed by atoms with Crippen molar-refractivity contribution in [3.8, 4) is 0 Å². The molecular formula is C20H35ClFN5O4S. The fourth-order valence-corrected chi connectivity index (χ4v) is 6.89. The molecule has 0 aromatic rings. The fourth-order valence-electron chi connectivity index (χ4n) is 5.19. The molecule has 2 amide bonds. The molecule has 3 aliphatic rings. The maximum atomic E-state index is 14.7. The predicted octanol–water partition coefficient (Wildman–Crippen LogP) is 0.465.